The Kier molecular flexibility index (Phi) is 6.29. The quantitative estimate of drug-likeness (QED) is 0.517. The number of amides is 1. The Morgan fingerprint density at radius 2 is 2.00 bits per heavy atom. The van der Waals surface area contributed by atoms with E-state index in [9.17, 15) is 10.0 Å². The number of rotatable bonds is 7. The van der Waals surface area contributed by atoms with Crippen LogP contribution in [0.2, 0.25) is 0 Å². The third-order valence-electron chi connectivity index (χ3n) is 2.32. The van der Waals surface area contributed by atoms with E-state index in [0.29, 0.717) is 25.1 Å². The maximum absolute atomic E-state index is 11.4. The van der Waals surface area contributed by atoms with Gasteiger partial charge in [0.05, 0.1) is 0 Å². The van der Waals surface area contributed by atoms with E-state index in [-0.39, 0.29) is 11.4 Å². The summed E-state index contributed by atoms with van der Waals surface area (Å²) in [6.45, 7) is 12.4. The van der Waals surface area contributed by atoms with E-state index in [1.807, 2.05) is 20.8 Å². The summed E-state index contributed by atoms with van der Waals surface area (Å²) in [5.74, 6) is -0.134. The number of nitrogens with one attached hydrogen (secondary N) is 1. The minimum atomic E-state index is -0.329. The van der Waals surface area contributed by atoms with Crippen molar-refractivity contribution >= 4 is 5.91 Å². The largest absolute Gasteiger partial charge is 0.347 e. The van der Waals surface area contributed by atoms with Crippen molar-refractivity contribution < 1.29 is 10.0 Å². The standard InChI is InChI=1S/C12H24N2O2/c1-6-8-14(16)9-7-12(4,5)13-11(15)10(2)3/h16H,2,6-9H2,1,3-5H3,(H,13,15). The lowest BCUT2D eigenvalue weighted by molar-refractivity contribution is -0.120. The molecular weight excluding hydrogens is 204 g/mol. The van der Waals surface area contributed by atoms with Crippen molar-refractivity contribution in [1.82, 2.24) is 10.4 Å². The van der Waals surface area contributed by atoms with E-state index < -0.39 is 0 Å². The van der Waals surface area contributed by atoms with E-state index in [4.69, 9.17) is 0 Å². The number of carbonyl (C=O) groups excluding carboxylic acids is 1. The smallest absolute Gasteiger partial charge is 0.246 e. The molecule has 0 saturated carbocycles. The Morgan fingerprint density at radius 3 is 2.44 bits per heavy atom. The number of hydrogen-bond acceptors (Lipinski definition) is 3. The van der Waals surface area contributed by atoms with Gasteiger partial charge in [0.15, 0.2) is 0 Å². The molecule has 0 aliphatic heterocycles. The Morgan fingerprint density at radius 1 is 1.44 bits per heavy atom. The lowest BCUT2D eigenvalue weighted by Gasteiger charge is -2.28. The average molecular weight is 228 g/mol. The number of hydrogen-bond donors (Lipinski definition) is 2. The molecule has 4 nitrogen and oxygen atoms in total. The average Bonchev–Trinajstić information content (AvgIpc) is 2.14. The molecule has 0 atom stereocenters. The van der Waals surface area contributed by atoms with Crippen LogP contribution < -0.4 is 5.32 Å². The van der Waals surface area contributed by atoms with Crippen LogP contribution in [0.3, 0.4) is 0 Å². The molecule has 0 heterocycles. The molecule has 0 radical (unpaired) electrons. The molecule has 2 N–H and O–H groups in total. The zero-order valence-electron chi connectivity index (χ0n) is 10.8. The van der Waals surface area contributed by atoms with Crippen molar-refractivity contribution in [2.24, 2.45) is 0 Å². The molecule has 0 bridgehead atoms. The first kappa shape index (κ1) is 15.1. The minimum absolute atomic E-state index is 0.134. The second kappa shape index (κ2) is 6.66. The van der Waals surface area contributed by atoms with E-state index in [2.05, 4.69) is 11.9 Å². The van der Waals surface area contributed by atoms with Crippen molar-refractivity contribution in [3.8, 4) is 0 Å². The maximum atomic E-state index is 11.4. The molecule has 0 rings (SSSR count). The van der Waals surface area contributed by atoms with Crippen molar-refractivity contribution in [2.75, 3.05) is 13.1 Å². The van der Waals surface area contributed by atoms with Crippen molar-refractivity contribution in [2.45, 2.75) is 46.1 Å². The molecule has 16 heavy (non-hydrogen) atoms. The fourth-order valence-corrected chi connectivity index (χ4v) is 1.26. The molecule has 0 aliphatic carbocycles. The molecule has 0 fully saturated rings. The van der Waals surface area contributed by atoms with Crippen LogP contribution in [0.15, 0.2) is 12.2 Å². The van der Waals surface area contributed by atoms with Gasteiger partial charge in [0.1, 0.15) is 0 Å². The fraction of sp³-hybridized carbons (Fsp3) is 0.750. The highest BCUT2D eigenvalue weighted by Crippen LogP contribution is 2.10. The van der Waals surface area contributed by atoms with Gasteiger partial charge < -0.3 is 10.5 Å². The Bertz CT molecular complexity index is 249. The highest BCUT2D eigenvalue weighted by Gasteiger charge is 2.21. The first-order chi connectivity index (χ1) is 7.28. The van der Waals surface area contributed by atoms with Crippen molar-refractivity contribution in [3.05, 3.63) is 12.2 Å². The van der Waals surface area contributed by atoms with Gasteiger partial charge in [-0.25, -0.2) is 0 Å². The van der Waals surface area contributed by atoms with Crippen LogP contribution in [0.25, 0.3) is 0 Å². The molecule has 0 unspecified atom stereocenters. The van der Waals surface area contributed by atoms with Gasteiger partial charge in [0.25, 0.3) is 0 Å². The topological polar surface area (TPSA) is 52.6 Å². The second-order valence-electron chi connectivity index (χ2n) is 4.82. The molecule has 1 amide bonds. The summed E-state index contributed by atoms with van der Waals surface area (Å²) in [4.78, 5) is 11.4. The highest BCUT2D eigenvalue weighted by molar-refractivity contribution is 5.92. The van der Waals surface area contributed by atoms with E-state index in [1.165, 1.54) is 5.06 Å². The zero-order valence-corrected chi connectivity index (χ0v) is 10.8. The highest BCUT2D eigenvalue weighted by atomic mass is 16.5. The Labute approximate surface area is 98.3 Å². The van der Waals surface area contributed by atoms with Crippen LogP contribution in [0.4, 0.5) is 0 Å². The predicted molar refractivity (Wildman–Crippen MR) is 65.3 cm³/mol. The summed E-state index contributed by atoms with van der Waals surface area (Å²) in [6.07, 6.45) is 1.61. The van der Waals surface area contributed by atoms with Gasteiger partial charge >= 0.3 is 0 Å². The van der Waals surface area contributed by atoms with Crippen LogP contribution in [0, 0.1) is 0 Å². The van der Waals surface area contributed by atoms with Gasteiger partial charge in [-0.1, -0.05) is 13.5 Å². The van der Waals surface area contributed by atoms with Gasteiger partial charge in [-0.3, -0.25) is 4.79 Å². The summed E-state index contributed by atoms with van der Waals surface area (Å²) >= 11 is 0. The molecule has 0 aromatic carbocycles. The monoisotopic (exact) mass is 228 g/mol. The van der Waals surface area contributed by atoms with Crippen LogP contribution >= 0.6 is 0 Å². The molecular formula is C12H24N2O2. The van der Waals surface area contributed by atoms with E-state index in [0.717, 1.165) is 6.42 Å². The molecule has 0 aliphatic rings. The first-order valence-electron chi connectivity index (χ1n) is 5.70. The maximum Gasteiger partial charge on any atom is 0.246 e. The predicted octanol–water partition coefficient (Wildman–Crippen LogP) is 1.95. The summed E-state index contributed by atoms with van der Waals surface area (Å²) < 4.78 is 0. The number of hydroxylamine groups is 2. The van der Waals surface area contributed by atoms with E-state index >= 15 is 0 Å². The molecule has 94 valence electrons. The second-order valence-corrected chi connectivity index (χ2v) is 4.82. The summed E-state index contributed by atoms with van der Waals surface area (Å²) in [5, 5.41) is 13.6. The summed E-state index contributed by atoms with van der Waals surface area (Å²) in [6, 6.07) is 0. The number of carbonyl (C=O) groups is 1. The molecule has 0 aromatic heterocycles. The lowest BCUT2D eigenvalue weighted by Crippen LogP contribution is -2.45. The number of nitrogens with zero attached hydrogens (tertiary/aromatic N) is 1. The lowest BCUT2D eigenvalue weighted by atomic mass is 10.00. The van der Waals surface area contributed by atoms with Gasteiger partial charge in [-0.05, 0) is 33.6 Å². The third kappa shape index (κ3) is 6.58. The summed E-state index contributed by atoms with van der Waals surface area (Å²) in [7, 11) is 0. The van der Waals surface area contributed by atoms with Crippen LogP contribution in [0.1, 0.15) is 40.5 Å². The van der Waals surface area contributed by atoms with Gasteiger partial charge in [0, 0.05) is 24.2 Å². The minimum Gasteiger partial charge on any atom is -0.347 e. The van der Waals surface area contributed by atoms with Crippen molar-refractivity contribution in [3.63, 3.8) is 0 Å². The molecule has 0 spiro atoms. The van der Waals surface area contributed by atoms with Crippen LogP contribution in [-0.2, 0) is 4.79 Å². The van der Waals surface area contributed by atoms with E-state index in [1.54, 1.807) is 6.92 Å². The van der Waals surface area contributed by atoms with Gasteiger partial charge in [-0.15, -0.1) is 0 Å². The Hall–Kier alpha value is -0.870. The zero-order chi connectivity index (χ0) is 12.8. The Balaban J connectivity index is 4.04. The van der Waals surface area contributed by atoms with Crippen LogP contribution in [0.5, 0.6) is 0 Å². The van der Waals surface area contributed by atoms with Crippen molar-refractivity contribution in [1.29, 1.82) is 0 Å². The summed E-state index contributed by atoms with van der Waals surface area (Å²) in [5.41, 5.74) is 0.174. The molecule has 4 heteroatoms. The molecule has 0 aromatic rings. The third-order valence-corrected chi connectivity index (χ3v) is 2.32. The molecule has 0 saturated heterocycles. The normalized spacial score (nSPS) is 11.6. The van der Waals surface area contributed by atoms with Gasteiger partial charge in [-0.2, -0.15) is 5.06 Å². The van der Waals surface area contributed by atoms with Crippen LogP contribution in [-0.4, -0.2) is 34.8 Å². The first-order valence-corrected chi connectivity index (χ1v) is 5.70. The fourth-order valence-electron chi connectivity index (χ4n) is 1.26. The van der Waals surface area contributed by atoms with Gasteiger partial charge in [0.2, 0.25) is 5.91 Å². The SMILES string of the molecule is C=C(C)C(=O)NC(C)(C)CCN(O)CCC.